The van der Waals surface area contributed by atoms with Crippen LogP contribution in [0.2, 0.25) is 0 Å². The van der Waals surface area contributed by atoms with Crippen molar-refractivity contribution < 1.29 is 24.3 Å². The van der Waals surface area contributed by atoms with Gasteiger partial charge in [0.15, 0.2) is 0 Å². The number of phenolic OH excluding ortho intramolecular Hbond substituents is 1. The predicted octanol–water partition coefficient (Wildman–Crippen LogP) is 4.05. The van der Waals surface area contributed by atoms with Gasteiger partial charge in [-0.3, -0.25) is 24.2 Å². The summed E-state index contributed by atoms with van der Waals surface area (Å²) in [5.74, 6) is -1.55. The van der Waals surface area contributed by atoms with Gasteiger partial charge in [-0.05, 0) is 41.8 Å². The summed E-state index contributed by atoms with van der Waals surface area (Å²) in [5, 5.41) is 18.5. The Morgan fingerprint density at radius 2 is 1.42 bits per heavy atom. The number of aromatic nitrogens is 3. The second-order valence-corrected chi connectivity index (χ2v) is 13.1. The molecule has 2 heterocycles. The molecule has 0 aliphatic carbocycles. The maximum atomic E-state index is 14.2. The molecule has 0 aliphatic heterocycles. The molecule has 276 valence electrons. The minimum atomic E-state index is -1.07. The van der Waals surface area contributed by atoms with Crippen LogP contribution in [0.25, 0.3) is 0 Å². The number of amides is 4. The summed E-state index contributed by atoms with van der Waals surface area (Å²) in [6, 6.07) is 18.3. The van der Waals surface area contributed by atoms with Gasteiger partial charge in [0.1, 0.15) is 23.9 Å². The third kappa shape index (κ3) is 13.3. The lowest BCUT2D eigenvalue weighted by Gasteiger charge is -2.28. The molecule has 0 saturated carbocycles. The summed E-state index contributed by atoms with van der Waals surface area (Å²) in [7, 11) is 1.68. The zero-order valence-electron chi connectivity index (χ0n) is 30.1. The zero-order chi connectivity index (χ0) is 37.1. The monoisotopic (exact) mass is 709 g/mol. The van der Waals surface area contributed by atoms with E-state index in [-0.39, 0.29) is 36.8 Å². The van der Waals surface area contributed by atoms with Gasteiger partial charge in [-0.1, -0.05) is 81.1 Å². The van der Waals surface area contributed by atoms with Crippen LogP contribution in [0.1, 0.15) is 68.0 Å². The van der Waals surface area contributed by atoms with Gasteiger partial charge in [-0.15, -0.1) is 0 Å². The summed E-state index contributed by atoms with van der Waals surface area (Å²) in [6.45, 7) is 2.50. The second-order valence-electron chi connectivity index (χ2n) is 13.1. The summed E-state index contributed by atoms with van der Waals surface area (Å²) in [5.41, 5.74) is 3.02. The van der Waals surface area contributed by atoms with E-state index in [0.717, 1.165) is 48.9 Å². The van der Waals surface area contributed by atoms with Gasteiger partial charge in [0.05, 0.1) is 6.33 Å². The number of aromatic hydroxyl groups is 1. The molecule has 4 aromatic rings. The van der Waals surface area contributed by atoms with Crippen molar-refractivity contribution in [1.29, 1.82) is 0 Å². The summed E-state index contributed by atoms with van der Waals surface area (Å²) in [6.07, 6.45) is 11.0. The van der Waals surface area contributed by atoms with E-state index >= 15 is 0 Å². The van der Waals surface area contributed by atoms with Crippen LogP contribution in [0, 0.1) is 0 Å². The molecule has 0 fully saturated rings. The maximum absolute atomic E-state index is 14.2. The lowest BCUT2D eigenvalue weighted by molar-refractivity contribution is -0.137. The number of phenols is 1. The van der Waals surface area contributed by atoms with E-state index in [1.54, 1.807) is 36.5 Å². The number of rotatable bonds is 21. The molecule has 3 atom stereocenters. The number of unbranched alkanes of at least 4 members (excludes halogenated alkanes) is 4. The Morgan fingerprint density at radius 3 is 2.10 bits per heavy atom. The molecule has 52 heavy (non-hydrogen) atoms. The van der Waals surface area contributed by atoms with Crippen molar-refractivity contribution in [1.82, 2.24) is 35.8 Å². The number of imidazole rings is 1. The van der Waals surface area contributed by atoms with Gasteiger partial charge < -0.3 is 30.9 Å². The lowest BCUT2D eigenvalue weighted by atomic mass is 10.0. The van der Waals surface area contributed by atoms with Crippen molar-refractivity contribution in [3.63, 3.8) is 0 Å². The third-order valence-electron chi connectivity index (χ3n) is 8.85. The Balaban J connectivity index is 1.53. The van der Waals surface area contributed by atoms with Crippen molar-refractivity contribution in [2.24, 2.45) is 0 Å². The van der Waals surface area contributed by atoms with Crippen LogP contribution in [0.5, 0.6) is 5.75 Å². The fraction of sp³-hybridized carbons (Fsp3) is 0.400. The molecule has 4 rings (SSSR count). The lowest BCUT2D eigenvalue weighted by Crippen LogP contribution is -2.58. The van der Waals surface area contributed by atoms with E-state index in [9.17, 15) is 24.3 Å². The molecule has 4 amide bonds. The first-order chi connectivity index (χ1) is 25.2. The first-order valence-corrected chi connectivity index (χ1v) is 18.1. The number of H-pyrrole nitrogens is 1. The molecule has 0 bridgehead atoms. The van der Waals surface area contributed by atoms with Crippen LogP contribution in [0.15, 0.2) is 91.5 Å². The average Bonchev–Trinajstić information content (AvgIpc) is 3.67. The number of aromatic amines is 1. The molecular weight excluding hydrogens is 658 g/mol. The highest BCUT2D eigenvalue weighted by Gasteiger charge is 2.31. The number of pyridine rings is 1. The Bertz CT molecular complexity index is 1670. The Morgan fingerprint density at radius 1 is 0.769 bits per heavy atom. The van der Waals surface area contributed by atoms with E-state index < -0.39 is 29.9 Å². The number of nitrogens with one attached hydrogen (secondary N) is 4. The molecular formula is C40H51N7O5. The highest BCUT2D eigenvalue weighted by atomic mass is 16.3. The van der Waals surface area contributed by atoms with E-state index in [2.05, 4.69) is 37.8 Å². The molecule has 0 spiro atoms. The Hall–Kier alpha value is -5.52. The number of carbonyl (C=O) groups excluding carboxylic acids is 4. The van der Waals surface area contributed by atoms with E-state index in [1.165, 1.54) is 18.5 Å². The molecule has 0 unspecified atom stereocenters. The smallest absolute Gasteiger partial charge is 0.245 e. The Kier molecular flexibility index (Phi) is 15.8. The maximum Gasteiger partial charge on any atom is 0.245 e. The van der Waals surface area contributed by atoms with Gasteiger partial charge in [0, 0.05) is 69.5 Å². The summed E-state index contributed by atoms with van der Waals surface area (Å²) < 4.78 is 0. The first kappa shape index (κ1) is 39.3. The van der Waals surface area contributed by atoms with Crippen molar-refractivity contribution in [2.45, 2.75) is 89.3 Å². The second kappa shape index (κ2) is 21.0. The molecule has 2 aromatic heterocycles. The van der Waals surface area contributed by atoms with Crippen LogP contribution in [-0.4, -0.2) is 80.3 Å². The largest absolute Gasteiger partial charge is 0.508 e. The number of benzene rings is 2. The highest BCUT2D eigenvalue weighted by Crippen LogP contribution is 2.14. The zero-order valence-corrected chi connectivity index (χ0v) is 30.1. The fourth-order valence-electron chi connectivity index (χ4n) is 5.86. The van der Waals surface area contributed by atoms with Gasteiger partial charge in [-0.2, -0.15) is 0 Å². The topological polar surface area (TPSA) is 169 Å². The summed E-state index contributed by atoms with van der Waals surface area (Å²) >= 11 is 0. The fourth-order valence-corrected chi connectivity index (χ4v) is 5.86. The van der Waals surface area contributed by atoms with Crippen LogP contribution in [0.4, 0.5) is 0 Å². The van der Waals surface area contributed by atoms with Crippen molar-refractivity contribution in [3.8, 4) is 5.75 Å². The van der Waals surface area contributed by atoms with Crippen molar-refractivity contribution in [2.75, 3.05) is 13.6 Å². The molecule has 0 radical (unpaired) electrons. The number of hydrogen-bond acceptors (Lipinski definition) is 7. The minimum Gasteiger partial charge on any atom is -0.508 e. The molecule has 12 heteroatoms. The molecule has 0 saturated heterocycles. The van der Waals surface area contributed by atoms with Crippen LogP contribution < -0.4 is 16.0 Å². The van der Waals surface area contributed by atoms with Gasteiger partial charge in [0.25, 0.3) is 0 Å². The standard InChI is InChI=1S/C40H51N7O5/c1-3-4-5-6-10-16-37(49)44-35(26-32-27-41-28-43-32)39(51)45-34(24-29-13-8-7-9-14-29)38(50)46-36(25-30-17-19-33(48)20-18-30)40(52)47(2)23-21-31-15-11-12-22-42-31/h7-9,11-15,17-20,22,27-28,34-36,48H,3-6,10,16,21,23-26H2,1-2H3,(H,41,43)(H,44,49)(H,45,51)(H,46,50)/t34-,35-,36-/m0/s1. The molecule has 2 aromatic carbocycles. The third-order valence-corrected chi connectivity index (χ3v) is 8.85. The van der Waals surface area contributed by atoms with Crippen LogP contribution >= 0.6 is 0 Å². The van der Waals surface area contributed by atoms with Crippen molar-refractivity contribution in [3.05, 3.63) is 114 Å². The van der Waals surface area contributed by atoms with Crippen LogP contribution in [-0.2, 0) is 44.9 Å². The minimum absolute atomic E-state index is 0.0852. The quantitative estimate of drug-likeness (QED) is 0.0813. The number of hydrogen-bond donors (Lipinski definition) is 5. The van der Waals surface area contributed by atoms with Crippen molar-refractivity contribution >= 4 is 23.6 Å². The van der Waals surface area contributed by atoms with E-state index in [1.807, 2.05) is 48.5 Å². The number of likely N-dealkylation sites (N-methyl/N-ethyl adjacent to an activating group) is 1. The summed E-state index contributed by atoms with van der Waals surface area (Å²) in [4.78, 5) is 68.0. The van der Waals surface area contributed by atoms with Gasteiger partial charge >= 0.3 is 0 Å². The predicted molar refractivity (Wildman–Crippen MR) is 199 cm³/mol. The SMILES string of the molecule is CCCCCCCC(=O)N[C@@H](Cc1cnc[nH]1)C(=O)N[C@@H](Cc1ccccc1)C(=O)N[C@@H](Cc1ccc(O)cc1)C(=O)N(C)CCc1ccccn1. The van der Waals surface area contributed by atoms with Gasteiger partial charge in [0.2, 0.25) is 23.6 Å². The number of nitrogens with zero attached hydrogens (tertiary/aromatic N) is 3. The highest BCUT2D eigenvalue weighted by molar-refractivity contribution is 5.94. The molecule has 5 N–H and O–H groups in total. The first-order valence-electron chi connectivity index (χ1n) is 18.1. The molecule has 0 aliphatic rings. The Labute approximate surface area is 305 Å². The van der Waals surface area contributed by atoms with Gasteiger partial charge in [-0.25, -0.2) is 4.98 Å². The van der Waals surface area contributed by atoms with E-state index in [4.69, 9.17) is 0 Å². The normalized spacial score (nSPS) is 12.7. The number of carbonyl (C=O) groups is 4. The molecule has 12 nitrogen and oxygen atoms in total. The van der Waals surface area contributed by atoms with E-state index in [0.29, 0.717) is 25.1 Å². The van der Waals surface area contributed by atoms with Crippen LogP contribution in [0.3, 0.4) is 0 Å². The average molecular weight is 710 g/mol.